The molecule has 0 unspecified atom stereocenters. The summed E-state index contributed by atoms with van der Waals surface area (Å²) in [4.78, 5) is 12.5. The highest BCUT2D eigenvalue weighted by Crippen LogP contribution is 2.31. The van der Waals surface area contributed by atoms with Gasteiger partial charge in [-0.15, -0.1) is 0 Å². The van der Waals surface area contributed by atoms with Crippen LogP contribution in [0.15, 0.2) is 24.7 Å². The number of hydrogen-bond donors (Lipinski definition) is 0. The summed E-state index contributed by atoms with van der Waals surface area (Å²) in [6.45, 7) is 4.12. The molecule has 4 nitrogen and oxygen atoms in total. The molecule has 0 amide bonds. The van der Waals surface area contributed by atoms with Crippen molar-refractivity contribution in [3.63, 3.8) is 0 Å². The van der Waals surface area contributed by atoms with Crippen LogP contribution in [0.4, 0.5) is 0 Å². The average Bonchev–Trinajstić information content (AvgIpc) is 2.38. The van der Waals surface area contributed by atoms with E-state index in [9.17, 15) is 0 Å². The second-order valence-corrected chi connectivity index (χ2v) is 4.53. The van der Waals surface area contributed by atoms with E-state index in [4.69, 9.17) is 16.3 Å². The third kappa shape index (κ3) is 2.43. The van der Waals surface area contributed by atoms with Crippen molar-refractivity contribution in [1.29, 1.82) is 0 Å². The van der Waals surface area contributed by atoms with Crippen molar-refractivity contribution in [2.24, 2.45) is 0 Å². The largest absolute Gasteiger partial charge is 0.481 e. The molecule has 0 aliphatic carbocycles. The Morgan fingerprint density at radius 3 is 2.50 bits per heavy atom. The van der Waals surface area contributed by atoms with Crippen molar-refractivity contribution >= 4 is 11.6 Å². The minimum Gasteiger partial charge on any atom is -0.481 e. The molecule has 2 heterocycles. The van der Waals surface area contributed by atoms with Crippen LogP contribution in [0.2, 0.25) is 5.15 Å². The Hall–Kier alpha value is -1.68. The highest BCUT2D eigenvalue weighted by atomic mass is 35.5. The summed E-state index contributed by atoms with van der Waals surface area (Å²) in [5.74, 6) is 0.820. The maximum absolute atomic E-state index is 6.14. The molecule has 0 saturated carbocycles. The third-order valence-electron chi connectivity index (χ3n) is 2.63. The van der Waals surface area contributed by atoms with Crippen molar-refractivity contribution in [2.45, 2.75) is 19.8 Å². The second-order valence-electron chi connectivity index (χ2n) is 4.17. The van der Waals surface area contributed by atoms with Gasteiger partial charge in [-0.3, -0.25) is 0 Å². The monoisotopic (exact) mass is 263 g/mol. The standard InChI is InChI=1S/C13H14ClN3O/c1-8(2)11-12(16-7-17-13(11)14)9-4-5-10(18-3)15-6-9/h4-8H,1-3H3. The van der Waals surface area contributed by atoms with E-state index in [0.29, 0.717) is 11.0 Å². The van der Waals surface area contributed by atoms with Crippen molar-refractivity contribution in [2.75, 3.05) is 7.11 Å². The van der Waals surface area contributed by atoms with Gasteiger partial charge < -0.3 is 4.74 Å². The fourth-order valence-electron chi connectivity index (χ4n) is 1.76. The maximum Gasteiger partial charge on any atom is 0.212 e. The maximum atomic E-state index is 6.14. The molecule has 0 bridgehead atoms. The molecule has 0 aliphatic rings. The number of nitrogens with zero attached hydrogens (tertiary/aromatic N) is 3. The van der Waals surface area contributed by atoms with Crippen molar-refractivity contribution in [3.05, 3.63) is 35.4 Å². The summed E-state index contributed by atoms with van der Waals surface area (Å²) in [7, 11) is 1.59. The third-order valence-corrected chi connectivity index (χ3v) is 2.93. The van der Waals surface area contributed by atoms with Crippen LogP contribution in [0.5, 0.6) is 5.88 Å². The Morgan fingerprint density at radius 2 is 1.94 bits per heavy atom. The summed E-state index contributed by atoms with van der Waals surface area (Å²) in [5, 5.41) is 0.491. The zero-order chi connectivity index (χ0) is 13.1. The van der Waals surface area contributed by atoms with Gasteiger partial charge in [0.15, 0.2) is 0 Å². The van der Waals surface area contributed by atoms with Gasteiger partial charge in [-0.25, -0.2) is 15.0 Å². The molecule has 0 radical (unpaired) electrons. The Kier molecular flexibility index (Phi) is 3.77. The van der Waals surface area contributed by atoms with Gasteiger partial charge >= 0.3 is 0 Å². The van der Waals surface area contributed by atoms with E-state index in [1.165, 1.54) is 6.33 Å². The van der Waals surface area contributed by atoms with Crippen LogP contribution in [0, 0.1) is 0 Å². The fourth-order valence-corrected chi connectivity index (χ4v) is 2.11. The van der Waals surface area contributed by atoms with Gasteiger partial charge in [0.1, 0.15) is 11.5 Å². The van der Waals surface area contributed by atoms with Gasteiger partial charge in [0.25, 0.3) is 0 Å². The van der Waals surface area contributed by atoms with Gasteiger partial charge in [0.05, 0.1) is 12.8 Å². The Balaban J connectivity index is 2.52. The van der Waals surface area contributed by atoms with Gasteiger partial charge in [0, 0.05) is 23.4 Å². The molecule has 0 fully saturated rings. The predicted octanol–water partition coefficient (Wildman–Crippen LogP) is 3.32. The summed E-state index contributed by atoms with van der Waals surface area (Å²) >= 11 is 6.14. The quantitative estimate of drug-likeness (QED) is 0.797. The van der Waals surface area contributed by atoms with Crippen LogP contribution in [-0.4, -0.2) is 22.1 Å². The highest BCUT2D eigenvalue weighted by molar-refractivity contribution is 6.30. The molecule has 0 aliphatic heterocycles. The first-order valence-electron chi connectivity index (χ1n) is 5.64. The number of aromatic nitrogens is 3. The van der Waals surface area contributed by atoms with Crippen LogP contribution in [0.25, 0.3) is 11.3 Å². The molecule has 5 heteroatoms. The lowest BCUT2D eigenvalue weighted by atomic mass is 10.00. The van der Waals surface area contributed by atoms with E-state index >= 15 is 0 Å². The van der Waals surface area contributed by atoms with Crippen molar-refractivity contribution in [1.82, 2.24) is 15.0 Å². The van der Waals surface area contributed by atoms with Gasteiger partial charge in [-0.05, 0) is 12.0 Å². The van der Waals surface area contributed by atoms with Crippen LogP contribution >= 0.6 is 11.6 Å². The minimum atomic E-state index is 0.246. The highest BCUT2D eigenvalue weighted by Gasteiger charge is 2.15. The van der Waals surface area contributed by atoms with E-state index in [1.807, 2.05) is 6.07 Å². The Labute approximate surface area is 111 Å². The molecule has 0 saturated heterocycles. The summed E-state index contributed by atoms with van der Waals surface area (Å²) in [5.41, 5.74) is 2.66. The van der Waals surface area contributed by atoms with E-state index in [2.05, 4.69) is 28.8 Å². The first kappa shape index (κ1) is 12.8. The Morgan fingerprint density at radius 1 is 1.17 bits per heavy atom. The molecule has 2 aromatic rings. The molecule has 0 spiro atoms. The van der Waals surface area contributed by atoms with E-state index in [0.717, 1.165) is 16.8 Å². The number of halogens is 1. The summed E-state index contributed by atoms with van der Waals surface area (Å²) < 4.78 is 5.04. The molecule has 0 aromatic carbocycles. The molecule has 2 aromatic heterocycles. The van der Waals surface area contributed by atoms with Gasteiger partial charge in [-0.1, -0.05) is 25.4 Å². The molecule has 94 valence electrons. The molecule has 18 heavy (non-hydrogen) atoms. The SMILES string of the molecule is COc1ccc(-c2ncnc(Cl)c2C(C)C)cn1. The zero-order valence-electron chi connectivity index (χ0n) is 10.5. The summed E-state index contributed by atoms with van der Waals surface area (Å²) in [6.07, 6.45) is 3.19. The smallest absolute Gasteiger partial charge is 0.212 e. The van der Waals surface area contributed by atoms with Crippen LogP contribution in [0.3, 0.4) is 0 Å². The second kappa shape index (κ2) is 5.31. The van der Waals surface area contributed by atoms with Crippen molar-refractivity contribution < 1.29 is 4.74 Å². The van der Waals surface area contributed by atoms with Crippen LogP contribution < -0.4 is 4.74 Å². The number of pyridine rings is 1. The molecule has 2 rings (SSSR count). The van der Waals surface area contributed by atoms with Crippen molar-refractivity contribution in [3.8, 4) is 17.1 Å². The Bertz CT molecular complexity index is 540. The van der Waals surface area contributed by atoms with Crippen LogP contribution in [-0.2, 0) is 0 Å². The molecule has 0 N–H and O–H groups in total. The van der Waals surface area contributed by atoms with E-state index in [-0.39, 0.29) is 5.92 Å². The molecular formula is C13H14ClN3O. The number of rotatable bonds is 3. The average molecular weight is 264 g/mol. The van der Waals surface area contributed by atoms with Gasteiger partial charge in [0.2, 0.25) is 5.88 Å². The first-order valence-corrected chi connectivity index (χ1v) is 6.02. The fraction of sp³-hybridized carbons (Fsp3) is 0.308. The van der Waals surface area contributed by atoms with Crippen LogP contribution in [0.1, 0.15) is 25.3 Å². The van der Waals surface area contributed by atoms with E-state index < -0.39 is 0 Å². The van der Waals surface area contributed by atoms with Gasteiger partial charge in [-0.2, -0.15) is 0 Å². The molecule has 0 atom stereocenters. The first-order chi connectivity index (χ1) is 8.63. The lowest BCUT2D eigenvalue weighted by Crippen LogP contribution is -1.99. The number of hydrogen-bond acceptors (Lipinski definition) is 4. The predicted molar refractivity (Wildman–Crippen MR) is 70.9 cm³/mol. The zero-order valence-corrected chi connectivity index (χ0v) is 11.3. The van der Waals surface area contributed by atoms with E-state index in [1.54, 1.807) is 19.4 Å². The molecular weight excluding hydrogens is 250 g/mol. The summed E-state index contributed by atoms with van der Waals surface area (Å²) in [6, 6.07) is 3.71. The minimum absolute atomic E-state index is 0.246. The number of methoxy groups -OCH3 is 1. The lowest BCUT2D eigenvalue weighted by Gasteiger charge is -2.12. The lowest BCUT2D eigenvalue weighted by molar-refractivity contribution is 0.398. The topological polar surface area (TPSA) is 47.9 Å². The number of ether oxygens (including phenoxy) is 1. The normalized spacial score (nSPS) is 10.7.